The molecule has 0 fully saturated rings. The van der Waals surface area contributed by atoms with Crippen molar-refractivity contribution in [3.63, 3.8) is 0 Å². The van der Waals surface area contributed by atoms with Crippen LogP contribution in [0.25, 0.3) is 11.5 Å². The van der Waals surface area contributed by atoms with E-state index in [0.29, 0.717) is 28.1 Å². The quantitative estimate of drug-likeness (QED) is 0.378. The largest absolute Gasteiger partial charge is 0.480 e. The van der Waals surface area contributed by atoms with Crippen molar-refractivity contribution in [2.75, 3.05) is 0 Å². The van der Waals surface area contributed by atoms with Crippen LogP contribution in [0.3, 0.4) is 0 Å². The highest BCUT2D eigenvalue weighted by atomic mass is 79.9. The number of aromatic amines is 1. The van der Waals surface area contributed by atoms with Gasteiger partial charge in [-0.25, -0.2) is 9.59 Å². The number of aryl methyl sites for hydroxylation is 1. The lowest BCUT2D eigenvalue weighted by atomic mass is 9.99. The summed E-state index contributed by atoms with van der Waals surface area (Å²) >= 11 is 3.38. The van der Waals surface area contributed by atoms with E-state index < -0.39 is 29.7 Å². The van der Waals surface area contributed by atoms with Crippen molar-refractivity contribution < 1.29 is 24.2 Å². The van der Waals surface area contributed by atoms with Crippen LogP contribution in [0, 0.1) is 13.8 Å². The summed E-state index contributed by atoms with van der Waals surface area (Å²) < 4.78 is 5.95. The van der Waals surface area contributed by atoms with E-state index >= 15 is 0 Å². The van der Waals surface area contributed by atoms with E-state index in [4.69, 9.17) is 4.74 Å². The van der Waals surface area contributed by atoms with Crippen LogP contribution in [0.1, 0.15) is 60.9 Å². The maximum atomic E-state index is 13.1. The molecule has 3 N–H and O–H groups in total. The van der Waals surface area contributed by atoms with Crippen molar-refractivity contribution in [2.45, 2.75) is 59.2 Å². The molecule has 0 aliphatic heterocycles. The minimum Gasteiger partial charge on any atom is -0.480 e. The van der Waals surface area contributed by atoms with E-state index in [2.05, 4.69) is 41.6 Å². The van der Waals surface area contributed by atoms with Gasteiger partial charge in [-0.15, -0.1) is 10.2 Å². The lowest BCUT2D eigenvalue weighted by Crippen LogP contribution is -2.48. The van der Waals surface area contributed by atoms with Crippen molar-refractivity contribution in [1.82, 2.24) is 30.5 Å². The molecule has 12 heteroatoms. The predicted molar refractivity (Wildman–Crippen MR) is 130 cm³/mol. The molecule has 0 aliphatic carbocycles. The second-order valence-corrected chi connectivity index (χ2v) is 10.0. The molecular formula is C23H27BrN6O5. The number of hydrogen-bond donors (Lipinski definition) is 3. The molecule has 0 radical (unpaired) electrons. The number of H-pyrrole nitrogens is 1. The van der Waals surface area contributed by atoms with Crippen molar-refractivity contribution >= 4 is 33.8 Å². The van der Waals surface area contributed by atoms with E-state index in [1.807, 2.05) is 6.07 Å². The monoisotopic (exact) mass is 546 g/mol. The maximum absolute atomic E-state index is 13.1. The fourth-order valence-electron chi connectivity index (χ4n) is 3.54. The number of carbonyl (C=O) groups is 3. The molecule has 2 atom stereocenters. The van der Waals surface area contributed by atoms with Gasteiger partial charge in [0, 0.05) is 21.3 Å². The van der Waals surface area contributed by atoms with Gasteiger partial charge in [-0.3, -0.25) is 4.79 Å². The number of carboxylic acid groups (broad SMARTS) is 1. The number of nitrogens with zero attached hydrogens (tertiary/aromatic N) is 4. The number of nitrogens with one attached hydrogen (secondary N) is 2. The third kappa shape index (κ3) is 5.94. The van der Waals surface area contributed by atoms with E-state index in [9.17, 15) is 19.5 Å². The Hall–Kier alpha value is -3.54. The second-order valence-electron chi connectivity index (χ2n) is 9.10. The van der Waals surface area contributed by atoms with E-state index in [1.54, 1.807) is 52.8 Å². The van der Waals surface area contributed by atoms with Gasteiger partial charge in [0.05, 0.1) is 5.69 Å². The van der Waals surface area contributed by atoms with E-state index in [-0.39, 0.29) is 11.6 Å². The normalized spacial score (nSPS) is 13.2. The summed E-state index contributed by atoms with van der Waals surface area (Å²) in [7, 11) is 0. The molecule has 1 amide bonds. The second kappa shape index (κ2) is 9.98. The van der Waals surface area contributed by atoms with Crippen LogP contribution in [0.2, 0.25) is 0 Å². The first-order chi connectivity index (χ1) is 16.3. The van der Waals surface area contributed by atoms with Gasteiger partial charge in [-0.2, -0.15) is 4.80 Å². The SMILES string of the molecule is Cc1[nH]c(-c2nnn(C(C)C(NC(=O)OC(C)(C)C)C(=O)O)n2)c(C)c1C(=O)c1cccc(Br)c1. The number of benzene rings is 1. The van der Waals surface area contributed by atoms with Gasteiger partial charge < -0.3 is 20.1 Å². The third-order valence-electron chi connectivity index (χ3n) is 5.19. The summed E-state index contributed by atoms with van der Waals surface area (Å²) in [5.41, 5.74) is 2.01. The zero-order chi connectivity index (χ0) is 26.1. The molecule has 2 heterocycles. The first-order valence-corrected chi connectivity index (χ1v) is 11.6. The predicted octanol–water partition coefficient (Wildman–Crippen LogP) is 3.82. The Kier molecular flexibility index (Phi) is 7.44. The molecule has 0 saturated heterocycles. The Morgan fingerprint density at radius 1 is 1.23 bits per heavy atom. The summed E-state index contributed by atoms with van der Waals surface area (Å²) in [6.45, 7) is 10.1. The molecule has 0 bridgehead atoms. The highest BCUT2D eigenvalue weighted by Gasteiger charge is 2.32. The molecule has 11 nitrogen and oxygen atoms in total. The number of ether oxygens (including phenoxy) is 1. The molecule has 3 rings (SSSR count). The topological polar surface area (TPSA) is 152 Å². The Bertz CT molecular complexity index is 1280. The molecule has 186 valence electrons. The summed E-state index contributed by atoms with van der Waals surface area (Å²) in [6, 6.07) is 4.85. The first-order valence-electron chi connectivity index (χ1n) is 10.8. The Labute approximate surface area is 210 Å². The van der Waals surface area contributed by atoms with Gasteiger partial charge in [0.15, 0.2) is 11.8 Å². The minimum atomic E-state index is -1.37. The number of aromatic nitrogens is 5. The molecular weight excluding hydrogens is 520 g/mol. The van der Waals surface area contributed by atoms with Gasteiger partial charge in [0.1, 0.15) is 11.6 Å². The standard InChI is InChI=1S/C23H27BrN6O5/c1-11-16(19(31)14-8-7-9-15(24)10-14)12(2)25-17(11)20-27-29-30(28-20)13(3)18(21(32)33)26-22(34)35-23(4,5)6/h7-10,13,18,25H,1-6H3,(H,26,34)(H,32,33). The zero-order valence-electron chi connectivity index (χ0n) is 20.2. The molecule has 3 aromatic rings. The number of tetrazole rings is 1. The first kappa shape index (κ1) is 26.1. The van der Waals surface area contributed by atoms with Crippen LogP contribution >= 0.6 is 15.9 Å². The van der Waals surface area contributed by atoms with Gasteiger partial charge in [-0.1, -0.05) is 28.1 Å². The van der Waals surface area contributed by atoms with Crippen LogP contribution < -0.4 is 5.32 Å². The summed E-state index contributed by atoms with van der Waals surface area (Å²) in [5.74, 6) is -1.25. The highest BCUT2D eigenvalue weighted by Crippen LogP contribution is 2.28. The van der Waals surface area contributed by atoms with Gasteiger partial charge in [-0.05, 0) is 64.5 Å². The molecule has 0 saturated carbocycles. The molecule has 0 aliphatic rings. The number of carbonyl (C=O) groups excluding carboxylic acids is 2. The van der Waals surface area contributed by atoms with Gasteiger partial charge in [0.2, 0.25) is 5.82 Å². The number of aliphatic carboxylic acids is 1. The number of ketones is 1. The molecule has 1 aromatic carbocycles. The summed E-state index contributed by atoms with van der Waals surface area (Å²) in [6.07, 6.45) is -0.872. The van der Waals surface area contributed by atoms with E-state index in [1.165, 1.54) is 6.92 Å². The third-order valence-corrected chi connectivity index (χ3v) is 5.68. The Morgan fingerprint density at radius 2 is 1.91 bits per heavy atom. The van der Waals surface area contributed by atoms with Gasteiger partial charge in [0.25, 0.3) is 0 Å². The molecule has 0 spiro atoms. The number of alkyl carbamates (subject to hydrolysis) is 1. The smallest absolute Gasteiger partial charge is 0.408 e. The molecule has 2 aromatic heterocycles. The number of amides is 1. The number of halogens is 1. The summed E-state index contributed by atoms with van der Waals surface area (Å²) in [5, 5.41) is 24.3. The van der Waals surface area contributed by atoms with Crippen molar-refractivity contribution in [1.29, 1.82) is 0 Å². The average molecular weight is 547 g/mol. The highest BCUT2D eigenvalue weighted by molar-refractivity contribution is 9.10. The number of carboxylic acids is 1. The van der Waals surface area contributed by atoms with Crippen molar-refractivity contribution in [3.05, 3.63) is 51.1 Å². The van der Waals surface area contributed by atoms with Crippen LogP contribution in [-0.2, 0) is 9.53 Å². The number of hydrogen-bond acceptors (Lipinski definition) is 7. The van der Waals surface area contributed by atoms with Gasteiger partial charge >= 0.3 is 12.1 Å². The van der Waals surface area contributed by atoms with E-state index in [0.717, 1.165) is 9.27 Å². The maximum Gasteiger partial charge on any atom is 0.408 e. The fraction of sp³-hybridized carbons (Fsp3) is 0.391. The zero-order valence-corrected chi connectivity index (χ0v) is 21.8. The Balaban J connectivity index is 1.87. The van der Waals surface area contributed by atoms with Crippen LogP contribution in [0.4, 0.5) is 4.79 Å². The van der Waals surface area contributed by atoms with Crippen LogP contribution in [-0.4, -0.2) is 59.8 Å². The number of rotatable bonds is 7. The van der Waals surface area contributed by atoms with Crippen molar-refractivity contribution in [2.24, 2.45) is 0 Å². The van der Waals surface area contributed by atoms with Crippen molar-refractivity contribution in [3.8, 4) is 11.5 Å². The van der Waals surface area contributed by atoms with Crippen LogP contribution in [0.5, 0.6) is 0 Å². The minimum absolute atomic E-state index is 0.155. The lowest BCUT2D eigenvalue weighted by Gasteiger charge is -2.24. The fourth-order valence-corrected chi connectivity index (χ4v) is 3.94. The lowest BCUT2D eigenvalue weighted by molar-refractivity contribution is -0.140. The summed E-state index contributed by atoms with van der Waals surface area (Å²) in [4.78, 5) is 41.3. The molecule has 35 heavy (non-hydrogen) atoms. The van der Waals surface area contributed by atoms with Crippen LogP contribution in [0.15, 0.2) is 28.7 Å². The molecule has 2 unspecified atom stereocenters. The Morgan fingerprint density at radius 3 is 2.51 bits per heavy atom. The average Bonchev–Trinajstić information content (AvgIpc) is 3.34.